The highest BCUT2D eigenvalue weighted by atomic mass is 32.2. The van der Waals surface area contributed by atoms with Gasteiger partial charge in [0.05, 0.1) is 6.04 Å². The zero-order chi connectivity index (χ0) is 12.0. The van der Waals surface area contributed by atoms with Crippen molar-refractivity contribution in [3.63, 3.8) is 0 Å². The summed E-state index contributed by atoms with van der Waals surface area (Å²) in [6.07, 6.45) is 7.44. The summed E-state index contributed by atoms with van der Waals surface area (Å²) in [7, 11) is 0. The second-order valence-corrected chi connectivity index (χ2v) is 5.46. The van der Waals surface area contributed by atoms with E-state index in [-0.39, 0.29) is 11.9 Å². The van der Waals surface area contributed by atoms with E-state index in [2.05, 4.69) is 6.92 Å². The molecule has 1 aliphatic rings. The minimum Gasteiger partial charge on any atom is -0.338 e. The molecule has 0 radical (unpaired) electrons. The van der Waals surface area contributed by atoms with Gasteiger partial charge in [0.15, 0.2) is 0 Å². The van der Waals surface area contributed by atoms with Gasteiger partial charge in [0, 0.05) is 12.6 Å². The second kappa shape index (κ2) is 7.17. The normalized spacial score (nSPS) is 23.2. The standard InChI is InChI=1S/C12H24N2OS/c1-3-10-6-4-5-8-14(10)12(15)11(13)7-9-16-2/h10-11H,3-9,13H2,1-2H3/t10?,11-/m0/s1. The molecule has 0 aromatic rings. The average Bonchev–Trinajstić information content (AvgIpc) is 2.34. The fourth-order valence-electron chi connectivity index (χ4n) is 2.30. The molecule has 2 N–H and O–H groups in total. The monoisotopic (exact) mass is 244 g/mol. The number of likely N-dealkylation sites (tertiary alicyclic amines) is 1. The lowest BCUT2D eigenvalue weighted by Gasteiger charge is -2.36. The Balaban J connectivity index is 2.49. The molecule has 1 saturated heterocycles. The lowest BCUT2D eigenvalue weighted by atomic mass is 9.99. The summed E-state index contributed by atoms with van der Waals surface area (Å²) in [6.45, 7) is 3.06. The molecule has 4 heteroatoms. The Morgan fingerprint density at radius 3 is 2.94 bits per heavy atom. The molecule has 1 rings (SSSR count). The van der Waals surface area contributed by atoms with Crippen LogP contribution in [0.1, 0.15) is 39.0 Å². The van der Waals surface area contributed by atoms with Crippen LogP contribution < -0.4 is 5.73 Å². The molecule has 0 aliphatic carbocycles. The van der Waals surface area contributed by atoms with Crippen LogP contribution in [0.25, 0.3) is 0 Å². The van der Waals surface area contributed by atoms with Gasteiger partial charge in [-0.25, -0.2) is 0 Å². The Hall–Kier alpha value is -0.220. The lowest BCUT2D eigenvalue weighted by molar-refractivity contribution is -0.136. The summed E-state index contributed by atoms with van der Waals surface area (Å²) < 4.78 is 0. The topological polar surface area (TPSA) is 46.3 Å². The summed E-state index contributed by atoms with van der Waals surface area (Å²) in [5, 5.41) is 0. The summed E-state index contributed by atoms with van der Waals surface area (Å²) in [6, 6.07) is 0.140. The van der Waals surface area contributed by atoms with Crippen molar-refractivity contribution in [3.8, 4) is 0 Å². The van der Waals surface area contributed by atoms with E-state index in [0.717, 1.165) is 38.0 Å². The van der Waals surface area contributed by atoms with E-state index < -0.39 is 0 Å². The highest BCUT2D eigenvalue weighted by molar-refractivity contribution is 7.98. The number of carbonyl (C=O) groups is 1. The van der Waals surface area contributed by atoms with Crippen molar-refractivity contribution >= 4 is 17.7 Å². The molecule has 1 amide bonds. The molecule has 0 aromatic carbocycles. The highest BCUT2D eigenvalue weighted by Gasteiger charge is 2.28. The first-order valence-corrected chi connectivity index (χ1v) is 7.65. The van der Waals surface area contributed by atoms with Crippen molar-refractivity contribution < 1.29 is 4.79 Å². The fraction of sp³-hybridized carbons (Fsp3) is 0.917. The van der Waals surface area contributed by atoms with Crippen LogP contribution in [0, 0.1) is 0 Å². The number of nitrogens with zero attached hydrogens (tertiary/aromatic N) is 1. The molecular weight excluding hydrogens is 220 g/mol. The zero-order valence-electron chi connectivity index (χ0n) is 10.4. The summed E-state index contributed by atoms with van der Waals surface area (Å²) in [5.41, 5.74) is 5.95. The summed E-state index contributed by atoms with van der Waals surface area (Å²) in [5.74, 6) is 1.14. The fourth-order valence-corrected chi connectivity index (χ4v) is 2.79. The molecule has 0 spiro atoms. The van der Waals surface area contributed by atoms with Gasteiger partial charge < -0.3 is 10.6 Å². The summed E-state index contributed by atoms with van der Waals surface area (Å²) in [4.78, 5) is 14.2. The van der Waals surface area contributed by atoms with Gasteiger partial charge in [-0.15, -0.1) is 0 Å². The molecule has 2 atom stereocenters. The Morgan fingerprint density at radius 1 is 1.56 bits per heavy atom. The van der Waals surface area contributed by atoms with Gasteiger partial charge in [-0.1, -0.05) is 6.92 Å². The lowest BCUT2D eigenvalue weighted by Crippen LogP contribution is -2.50. The predicted octanol–water partition coefficient (Wildman–Crippen LogP) is 1.86. The van der Waals surface area contributed by atoms with Gasteiger partial charge in [-0.3, -0.25) is 4.79 Å². The number of amides is 1. The minimum absolute atomic E-state index is 0.167. The number of carbonyl (C=O) groups excluding carboxylic acids is 1. The quantitative estimate of drug-likeness (QED) is 0.803. The van der Waals surface area contributed by atoms with E-state index in [9.17, 15) is 4.79 Å². The molecule has 3 nitrogen and oxygen atoms in total. The van der Waals surface area contributed by atoms with Crippen LogP contribution in [0.4, 0.5) is 0 Å². The van der Waals surface area contributed by atoms with Crippen LogP contribution in [0.2, 0.25) is 0 Å². The maximum Gasteiger partial charge on any atom is 0.239 e. The third-order valence-electron chi connectivity index (χ3n) is 3.33. The van der Waals surface area contributed by atoms with Crippen LogP contribution >= 0.6 is 11.8 Å². The van der Waals surface area contributed by atoms with E-state index in [0.29, 0.717) is 6.04 Å². The van der Waals surface area contributed by atoms with Gasteiger partial charge in [-0.2, -0.15) is 11.8 Å². The van der Waals surface area contributed by atoms with Crippen molar-refractivity contribution in [2.75, 3.05) is 18.6 Å². The first-order chi connectivity index (χ1) is 7.70. The smallest absolute Gasteiger partial charge is 0.239 e. The third kappa shape index (κ3) is 3.67. The van der Waals surface area contributed by atoms with Gasteiger partial charge in [0.1, 0.15) is 0 Å². The van der Waals surface area contributed by atoms with E-state index in [1.165, 1.54) is 6.42 Å². The molecular formula is C12H24N2OS. The molecule has 1 fully saturated rings. The van der Waals surface area contributed by atoms with Crippen LogP contribution in [-0.4, -0.2) is 41.4 Å². The molecule has 0 bridgehead atoms. The number of hydrogen-bond acceptors (Lipinski definition) is 3. The minimum atomic E-state index is -0.292. The Labute approximate surface area is 103 Å². The number of thioether (sulfide) groups is 1. The zero-order valence-corrected chi connectivity index (χ0v) is 11.3. The molecule has 1 unspecified atom stereocenters. The van der Waals surface area contributed by atoms with E-state index in [4.69, 9.17) is 5.73 Å². The van der Waals surface area contributed by atoms with Crippen LogP contribution in [0.5, 0.6) is 0 Å². The number of hydrogen-bond donors (Lipinski definition) is 1. The molecule has 94 valence electrons. The predicted molar refractivity (Wildman–Crippen MR) is 70.6 cm³/mol. The van der Waals surface area contributed by atoms with E-state index in [1.54, 1.807) is 11.8 Å². The number of piperidine rings is 1. The number of nitrogens with two attached hydrogens (primary N) is 1. The maximum absolute atomic E-state index is 12.2. The molecule has 1 aliphatic heterocycles. The summed E-state index contributed by atoms with van der Waals surface area (Å²) >= 11 is 1.75. The van der Waals surface area contributed by atoms with Crippen LogP contribution in [0.3, 0.4) is 0 Å². The first-order valence-electron chi connectivity index (χ1n) is 6.25. The van der Waals surface area contributed by atoms with Gasteiger partial charge >= 0.3 is 0 Å². The largest absolute Gasteiger partial charge is 0.338 e. The highest BCUT2D eigenvalue weighted by Crippen LogP contribution is 2.20. The van der Waals surface area contributed by atoms with Gasteiger partial charge in [0.25, 0.3) is 0 Å². The van der Waals surface area contributed by atoms with Crippen molar-refractivity contribution in [2.24, 2.45) is 5.73 Å². The average molecular weight is 244 g/mol. The molecule has 0 saturated carbocycles. The molecule has 0 aromatic heterocycles. The van der Waals surface area contributed by atoms with Crippen LogP contribution in [-0.2, 0) is 4.79 Å². The SMILES string of the molecule is CCC1CCCCN1C(=O)[C@@H](N)CCSC. The Morgan fingerprint density at radius 2 is 2.31 bits per heavy atom. The van der Waals surface area contributed by atoms with Gasteiger partial charge in [-0.05, 0) is 44.1 Å². The third-order valence-corrected chi connectivity index (χ3v) is 3.98. The first kappa shape index (κ1) is 13.8. The van der Waals surface area contributed by atoms with Crippen molar-refractivity contribution in [1.29, 1.82) is 0 Å². The Bertz CT molecular complexity index is 223. The van der Waals surface area contributed by atoms with E-state index >= 15 is 0 Å². The van der Waals surface area contributed by atoms with E-state index in [1.807, 2.05) is 11.2 Å². The molecule has 1 heterocycles. The second-order valence-electron chi connectivity index (χ2n) is 4.48. The Kier molecular flexibility index (Phi) is 6.21. The van der Waals surface area contributed by atoms with Gasteiger partial charge in [0.2, 0.25) is 5.91 Å². The van der Waals surface area contributed by atoms with Crippen molar-refractivity contribution in [2.45, 2.75) is 51.1 Å². The maximum atomic E-state index is 12.2. The van der Waals surface area contributed by atoms with Crippen LogP contribution in [0.15, 0.2) is 0 Å². The molecule has 16 heavy (non-hydrogen) atoms. The van der Waals surface area contributed by atoms with Crippen molar-refractivity contribution in [3.05, 3.63) is 0 Å². The van der Waals surface area contributed by atoms with Crippen molar-refractivity contribution in [1.82, 2.24) is 4.90 Å². The number of rotatable bonds is 5.